The van der Waals surface area contributed by atoms with Crippen molar-refractivity contribution in [1.82, 2.24) is 10.2 Å². The number of nitrogens with one attached hydrogen (secondary N) is 1. The van der Waals surface area contributed by atoms with Crippen LogP contribution >= 0.6 is 0 Å². The molecule has 3 atom stereocenters. The van der Waals surface area contributed by atoms with Gasteiger partial charge in [0.15, 0.2) is 0 Å². The SMILES string of the molecule is CC1CC(NC(=O)OC(C)(C)C)CN(Cc2ccccc2)C1C. The Morgan fingerprint density at radius 1 is 1.26 bits per heavy atom. The van der Waals surface area contributed by atoms with Gasteiger partial charge in [-0.15, -0.1) is 0 Å². The topological polar surface area (TPSA) is 41.6 Å². The number of alkyl carbamates (subject to hydrolysis) is 1. The molecule has 0 spiro atoms. The standard InChI is InChI=1S/C19H30N2O2/c1-14-11-17(20-18(22)23-19(3,4)5)13-21(15(14)2)12-16-9-7-6-8-10-16/h6-10,14-15,17H,11-13H2,1-5H3,(H,20,22). The molecule has 0 radical (unpaired) electrons. The number of hydrogen-bond acceptors (Lipinski definition) is 3. The Morgan fingerprint density at radius 3 is 2.52 bits per heavy atom. The molecular weight excluding hydrogens is 288 g/mol. The highest BCUT2D eigenvalue weighted by Gasteiger charge is 2.32. The molecule has 3 unspecified atom stereocenters. The van der Waals surface area contributed by atoms with Crippen LogP contribution in [0.4, 0.5) is 4.79 Å². The van der Waals surface area contributed by atoms with E-state index in [0.717, 1.165) is 19.5 Å². The number of carbonyl (C=O) groups excluding carboxylic acids is 1. The van der Waals surface area contributed by atoms with Crippen molar-refractivity contribution in [2.45, 2.75) is 65.3 Å². The third-order valence-corrected chi connectivity index (χ3v) is 4.46. The van der Waals surface area contributed by atoms with Gasteiger partial charge >= 0.3 is 6.09 Å². The molecule has 4 nitrogen and oxygen atoms in total. The van der Waals surface area contributed by atoms with Crippen LogP contribution in [-0.4, -0.2) is 35.2 Å². The molecule has 128 valence electrons. The van der Waals surface area contributed by atoms with Gasteiger partial charge in [-0.2, -0.15) is 0 Å². The first-order chi connectivity index (χ1) is 10.7. The summed E-state index contributed by atoms with van der Waals surface area (Å²) in [6.45, 7) is 12.0. The Morgan fingerprint density at radius 2 is 1.91 bits per heavy atom. The van der Waals surface area contributed by atoms with Gasteiger partial charge in [-0.3, -0.25) is 4.90 Å². The monoisotopic (exact) mass is 318 g/mol. The van der Waals surface area contributed by atoms with Crippen molar-refractivity contribution in [2.24, 2.45) is 5.92 Å². The zero-order valence-corrected chi connectivity index (χ0v) is 15.0. The second-order valence-corrected chi connectivity index (χ2v) is 7.71. The summed E-state index contributed by atoms with van der Waals surface area (Å²) in [5.74, 6) is 0.535. The Hall–Kier alpha value is -1.55. The fourth-order valence-corrected chi connectivity index (χ4v) is 3.13. The van der Waals surface area contributed by atoms with E-state index in [2.05, 4.69) is 48.3 Å². The van der Waals surface area contributed by atoms with Gasteiger partial charge in [0.05, 0.1) is 0 Å². The highest BCUT2D eigenvalue weighted by atomic mass is 16.6. The number of hydrogen-bond donors (Lipinski definition) is 1. The average molecular weight is 318 g/mol. The second kappa shape index (κ2) is 7.35. The smallest absolute Gasteiger partial charge is 0.407 e. The quantitative estimate of drug-likeness (QED) is 0.921. The number of carbonyl (C=O) groups is 1. The van der Waals surface area contributed by atoms with Crippen molar-refractivity contribution in [3.8, 4) is 0 Å². The van der Waals surface area contributed by atoms with Crippen LogP contribution in [0.2, 0.25) is 0 Å². The van der Waals surface area contributed by atoms with E-state index in [0.29, 0.717) is 12.0 Å². The van der Waals surface area contributed by atoms with Crippen molar-refractivity contribution in [2.75, 3.05) is 6.54 Å². The number of rotatable bonds is 3. The fourth-order valence-electron chi connectivity index (χ4n) is 3.13. The number of amides is 1. The van der Waals surface area contributed by atoms with Gasteiger partial charge in [0.2, 0.25) is 0 Å². The van der Waals surface area contributed by atoms with Crippen LogP contribution < -0.4 is 5.32 Å². The van der Waals surface area contributed by atoms with E-state index in [9.17, 15) is 4.79 Å². The minimum atomic E-state index is -0.457. The molecule has 1 N–H and O–H groups in total. The van der Waals surface area contributed by atoms with Gasteiger partial charge in [0.1, 0.15) is 5.60 Å². The minimum absolute atomic E-state index is 0.139. The molecule has 1 fully saturated rings. The number of piperidine rings is 1. The Bertz CT molecular complexity index is 510. The Balaban J connectivity index is 1.96. The molecule has 0 saturated carbocycles. The van der Waals surface area contributed by atoms with Crippen LogP contribution in [0.3, 0.4) is 0 Å². The van der Waals surface area contributed by atoms with Crippen molar-refractivity contribution in [3.05, 3.63) is 35.9 Å². The Labute approximate surface area is 140 Å². The van der Waals surface area contributed by atoms with E-state index in [1.807, 2.05) is 26.8 Å². The molecule has 1 amide bonds. The highest BCUT2D eigenvalue weighted by molar-refractivity contribution is 5.68. The average Bonchev–Trinajstić information content (AvgIpc) is 2.43. The third kappa shape index (κ3) is 5.54. The molecule has 1 saturated heterocycles. The third-order valence-electron chi connectivity index (χ3n) is 4.46. The normalized spacial score (nSPS) is 25.9. The second-order valence-electron chi connectivity index (χ2n) is 7.71. The predicted molar refractivity (Wildman–Crippen MR) is 93.3 cm³/mol. The number of likely N-dealkylation sites (tertiary alicyclic amines) is 1. The summed E-state index contributed by atoms with van der Waals surface area (Å²) in [4.78, 5) is 14.5. The summed E-state index contributed by atoms with van der Waals surface area (Å²) in [5, 5.41) is 3.04. The zero-order chi connectivity index (χ0) is 17.0. The summed E-state index contributed by atoms with van der Waals surface area (Å²) in [7, 11) is 0. The van der Waals surface area contributed by atoms with Crippen molar-refractivity contribution < 1.29 is 9.53 Å². The maximum absolute atomic E-state index is 12.0. The molecule has 0 aromatic heterocycles. The molecule has 0 aliphatic carbocycles. The van der Waals surface area contributed by atoms with Crippen LogP contribution in [0.15, 0.2) is 30.3 Å². The van der Waals surface area contributed by atoms with E-state index in [4.69, 9.17) is 4.74 Å². The molecule has 23 heavy (non-hydrogen) atoms. The maximum Gasteiger partial charge on any atom is 0.407 e. The van der Waals surface area contributed by atoms with Crippen LogP contribution in [0, 0.1) is 5.92 Å². The molecule has 1 aliphatic heterocycles. The maximum atomic E-state index is 12.0. The van der Waals surface area contributed by atoms with Gasteiger partial charge < -0.3 is 10.1 Å². The van der Waals surface area contributed by atoms with E-state index in [1.54, 1.807) is 0 Å². The van der Waals surface area contributed by atoms with E-state index >= 15 is 0 Å². The molecule has 4 heteroatoms. The van der Waals surface area contributed by atoms with Crippen molar-refractivity contribution >= 4 is 6.09 Å². The highest BCUT2D eigenvalue weighted by Crippen LogP contribution is 2.25. The van der Waals surface area contributed by atoms with Gasteiger partial charge in [0, 0.05) is 25.2 Å². The summed E-state index contributed by atoms with van der Waals surface area (Å²) in [5.41, 5.74) is 0.853. The number of ether oxygens (including phenoxy) is 1. The fraction of sp³-hybridized carbons (Fsp3) is 0.632. The molecule has 1 heterocycles. The van der Waals surface area contributed by atoms with E-state index in [-0.39, 0.29) is 12.1 Å². The first kappa shape index (κ1) is 17.8. The summed E-state index contributed by atoms with van der Waals surface area (Å²) in [6.07, 6.45) is 0.676. The van der Waals surface area contributed by atoms with Crippen LogP contribution in [0.5, 0.6) is 0 Å². The number of benzene rings is 1. The van der Waals surface area contributed by atoms with Gasteiger partial charge in [-0.25, -0.2) is 4.79 Å². The molecular formula is C19H30N2O2. The lowest BCUT2D eigenvalue weighted by Crippen LogP contribution is -2.54. The first-order valence-electron chi connectivity index (χ1n) is 8.52. The molecule has 2 rings (SSSR count). The van der Waals surface area contributed by atoms with Gasteiger partial charge in [0.25, 0.3) is 0 Å². The largest absolute Gasteiger partial charge is 0.444 e. The zero-order valence-electron chi connectivity index (χ0n) is 15.0. The molecule has 0 bridgehead atoms. The van der Waals surface area contributed by atoms with Crippen molar-refractivity contribution in [1.29, 1.82) is 0 Å². The summed E-state index contributed by atoms with van der Waals surface area (Å²) < 4.78 is 5.39. The lowest BCUT2D eigenvalue weighted by Gasteiger charge is -2.42. The lowest BCUT2D eigenvalue weighted by molar-refractivity contribution is 0.0383. The molecule has 1 aliphatic rings. The number of nitrogens with zero attached hydrogens (tertiary/aromatic N) is 1. The molecule has 1 aromatic rings. The van der Waals surface area contributed by atoms with E-state index < -0.39 is 5.60 Å². The van der Waals surface area contributed by atoms with Crippen LogP contribution in [0.25, 0.3) is 0 Å². The van der Waals surface area contributed by atoms with Crippen LogP contribution in [-0.2, 0) is 11.3 Å². The van der Waals surface area contributed by atoms with Crippen molar-refractivity contribution in [3.63, 3.8) is 0 Å². The summed E-state index contributed by atoms with van der Waals surface area (Å²) >= 11 is 0. The first-order valence-corrected chi connectivity index (χ1v) is 8.52. The van der Waals surface area contributed by atoms with Gasteiger partial charge in [-0.1, -0.05) is 37.3 Å². The Kier molecular flexibility index (Phi) is 5.69. The van der Waals surface area contributed by atoms with E-state index in [1.165, 1.54) is 5.56 Å². The predicted octanol–water partition coefficient (Wildman–Crippen LogP) is 3.81. The minimum Gasteiger partial charge on any atom is -0.444 e. The summed E-state index contributed by atoms with van der Waals surface area (Å²) in [6, 6.07) is 11.1. The molecule has 1 aromatic carbocycles. The van der Waals surface area contributed by atoms with Crippen LogP contribution in [0.1, 0.15) is 46.6 Å². The lowest BCUT2D eigenvalue weighted by atomic mass is 9.88. The van der Waals surface area contributed by atoms with Gasteiger partial charge in [-0.05, 0) is 45.6 Å².